The zero-order valence-corrected chi connectivity index (χ0v) is 10.0. The molecule has 0 saturated carbocycles. The van der Waals surface area contributed by atoms with Crippen LogP contribution in [0.2, 0.25) is 0 Å². The van der Waals surface area contributed by atoms with Crippen molar-refractivity contribution in [3.63, 3.8) is 0 Å². The van der Waals surface area contributed by atoms with Crippen LogP contribution in [0.4, 0.5) is 8.78 Å². The first-order valence-corrected chi connectivity index (χ1v) is 5.67. The van der Waals surface area contributed by atoms with Crippen LogP contribution >= 0.6 is 0 Å². The third kappa shape index (κ3) is 4.13. The van der Waals surface area contributed by atoms with E-state index >= 15 is 0 Å². The summed E-state index contributed by atoms with van der Waals surface area (Å²) in [7, 11) is 0. The minimum absolute atomic E-state index is 0.0133. The molecule has 1 rings (SSSR count). The van der Waals surface area contributed by atoms with Gasteiger partial charge in [-0.2, -0.15) is 5.26 Å². The van der Waals surface area contributed by atoms with Gasteiger partial charge in [0.2, 0.25) is 5.91 Å². The number of benzene rings is 1. The first kappa shape index (κ1) is 14.1. The smallest absolute Gasteiger partial charge is 0.224 e. The van der Waals surface area contributed by atoms with E-state index in [0.29, 0.717) is 6.42 Å². The van der Waals surface area contributed by atoms with E-state index in [1.807, 2.05) is 13.0 Å². The summed E-state index contributed by atoms with van der Waals surface area (Å²) in [6.45, 7) is 1.84. The van der Waals surface area contributed by atoms with E-state index in [2.05, 4.69) is 5.32 Å². The maximum Gasteiger partial charge on any atom is 0.224 e. The molecule has 0 aliphatic heterocycles. The van der Waals surface area contributed by atoms with Gasteiger partial charge in [-0.15, -0.1) is 0 Å². The molecule has 1 atom stereocenters. The van der Waals surface area contributed by atoms with Gasteiger partial charge in [-0.25, -0.2) is 8.78 Å². The summed E-state index contributed by atoms with van der Waals surface area (Å²) in [5.41, 5.74) is 0.0133. The number of rotatable bonds is 5. The monoisotopic (exact) mass is 252 g/mol. The van der Waals surface area contributed by atoms with E-state index < -0.39 is 17.5 Å². The highest BCUT2D eigenvalue weighted by atomic mass is 19.1. The summed E-state index contributed by atoms with van der Waals surface area (Å²) < 4.78 is 26.2. The van der Waals surface area contributed by atoms with Crippen molar-refractivity contribution in [2.45, 2.75) is 32.2 Å². The Morgan fingerprint density at radius 1 is 1.50 bits per heavy atom. The summed E-state index contributed by atoms with van der Waals surface area (Å²) in [5, 5.41) is 11.2. The van der Waals surface area contributed by atoms with E-state index in [9.17, 15) is 13.6 Å². The van der Waals surface area contributed by atoms with Gasteiger partial charge in [0, 0.05) is 11.6 Å². The number of nitriles is 1. The fraction of sp³-hybridized carbons (Fsp3) is 0.385. The minimum atomic E-state index is -0.611. The Bertz CT molecular complexity index is 469. The van der Waals surface area contributed by atoms with E-state index in [1.165, 1.54) is 0 Å². The predicted molar refractivity (Wildman–Crippen MR) is 62.5 cm³/mol. The zero-order chi connectivity index (χ0) is 13.5. The first-order chi connectivity index (χ1) is 8.56. The molecule has 0 unspecified atom stereocenters. The molecule has 5 heteroatoms. The summed E-state index contributed by atoms with van der Waals surface area (Å²) in [6.07, 6.45) is 0.588. The molecule has 96 valence electrons. The van der Waals surface area contributed by atoms with Crippen molar-refractivity contribution < 1.29 is 13.6 Å². The third-order valence-electron chi connectivity index (χ3n) is 2.55. The molecule has 0 heterocycles. The minimum Gasteiger partial charge on any atom is -0.352 e. The molecule has 1 N–H and O–H groups in total. The summed E-state index contributed by atoms with van der Waals surface area (Å²) >= 11 is 0. The van der Waals surface area contributed by atoms with Crippen LogP contribution in [0.5, 0.6) is 0 Å². The van der Waals surface area contributed by atoms with Crippen LogP contribution in [0.1, 0.15) is 25.3 Å². The standard InChI is InChI=1S/C13H14F2N2O/c1-2-11(5-6-16)17-13(18)8-9-7-10(14)3-4-12(9)15/h3-4,7,11H,2,5,8H2,1H3,(H,17,18)/t11-/m0/s1. The van der Waals surface area contributed by atoms with Crippen molar-refractivity contribution in [2.75, 3.05) is 0 Å². The lowest BCUT2D eigenvalue weighted by molar-refractivity contribution is -0.121. The molecule has 1 aromatic rings. The Hall–Kier alpha value is -1.96. The second kappa shape index (κ2) is 6.70. The lowest BCUT2D eigenvalue weighted by Gasteiger charge is -2.13. The van der Waals surface area contributed by atoms with Crippen LogP contribution in [0.15, 0.2) is 18.2 Å². The largest absolute Gasteiger partial charge is 0.352 e. The van der Waals surface area contributed by atoms with E-state index in [0.717, 1.165) is 18.2 Å². The van der Waals surface area contributed by atoms with Crippen molar-refractivity contribution in [3.8, 4) is 6.07 Å². The number of halogens is 2. The van der Waals surface area contributed by atoms with Crippen molar-refractivity contribution in [1.82, 2.24) is 5.32 Å². The van der Waals surface area contributed by atoms with E-state index in [1.54, 1.807) is 0 Å². The highest BCUT2D eigenvalue weighted by molar-refractivity contribution is 5.78. The van der Waals surface area contributed by atoms with Crippen LogP contribution in [0.3, 0.4) is 0 Å². The fourth-order valence-electron chi connectivity index (χ4n) is 1.54. The summed E-state index contributed by atoms with van der Waals surface area (Å²) in [5.74, 6) is -1.61. The molecular formula is C13H14F2N2O. The number of carbonyl (C=O) groups is 1. The number of amides is 1. The lowest BCUT2D eigenvalue weighted by Crippen LogP contribution is -2.35. The van der Waals surface area contributed by atoms with Crippen LogP contribution < -0.4 is 5.32 Å². The van der Waals surface area contributed by atoms with Gasteiger partial charge in [-0.1, -0.05) is 6.92 Å². The van der Waals surface area contributed by atoms with Gasteiger partial charge < -0.3 is 5.32 Å². The molecule has 18 heavy (non-hydrogen) atoms. The summed E-state index contributed by atoms with van der Waals surface area (Å²) in [6, 6.07) is 4.70. The fourth-order valence-corrected chi connectivity index (χ4v) is 1.54. The molecule has 1 aromatic carbocycles. The van der Waals surface area contributed by atoms with Gasteiger partial charge in [0.05, 0.1) is 18.9 Å². The highest BCUT2D eigenvalue weighted by Gasteiger charge is 2.13. The number of hydrogen-bond donors (Lipinski definition) is 1. The third-order valence-corrected chi connectivity index (χ3v) is 2.55. The zero-order valence-electron chi connectivity index (χ0n) is 10.0. The van der Waals surface area contributed by atoms with Gasteiger partial charge in [-0.3, -0.25) is 4.79 Å². The number of hydrogen-bond acceptors (Lipinski definition) is 2. The molecular weight excluding hydrogens is 238 g/mol. The Balaban J connectivity index is 2.64. The van der Waals surface area contributed by atoms with Crippen molar-refractivity contribution >= 4 is 5.91 Å². The van der Waals surface area contributed by atoms with Crippen molar-refractivity contribution in [3.05, 3.63) is 35.4 Å². The van der Waals surface area contributed by atoms with Crippen LogP contribution in [-0.4, -0.2) is 11.9 Å². The Morgan fingerprint density at radius 2 is 2.22 bits per heavy atom. The maximum absolute atomic E-state index is 13.3. The maximum atomic E-state index is 13.3. The van der Waals surface area contributed by atoms with E-state index in [4.69, 9.17) is 5.26 Å². The molecule has 0 spiro atoms. The number of nitrogens with one attached hydrogen (secondary N) is 1. The number of carbonyl (C=O) groups excluding carboxylic acids is 1. The van der Waals surface area contributed by atoms with Crippen LogP contribution in [0.25, 0.3) is 0 Å². The molecule has 0 radical (unpaired) electrons. The average molecular weight is 252 g/mol. The molecule has 0 fully saturated rings. The topological polar surface area (TPSA) is 52.9 Å². The first-order valence-electron chi connectivity index (χ1n) is 5.67. The molecule has 3 nitrogen and oxygen atoms in total. The summed E-state index contributed by atoms with van der Waals surface area (Å²) in [4.78, 5) is 11.6. The molecule has 0 aliphatic carbocycles. The van der Waals surface area contributed by atoms with Gasteiger partial charge in [0.15, 0.2) is 0 Å². The van der Waals surface area contributed by atoms with Gasteiger partial charge in [0.25, 0.3) is 0 Å². The Labute approximate surface area is 104 Å². The van der Waals surface area contributed by atoms with Crippen LogP contribution in [0, 0.1) is 23.0 Å². The molecule has 0 aliphatic rings. The van der Waals surface area contributed by atoms with Crippen molar-refractivity contribution in [1.29, 1.82) is 5.26 Å². The van der Waals surface area contributed by atoms with Crippen LogP contribution in [-0.2, 0) is 11.2 Å². The lowest BCUT2D eigenvalue weighted by atomic mass is 10.1. The average Bonchev–Trinajstić information content (AvgIpc) is 2.33. The normalized spacial score (nSPS) is 11.7. The molecule has 0 saturated heterocycles. The van der Waals surface area contributed by atoms with Gasteiger partial charge >= 0.3 is 0 Å². The number of nitrogens with zero attached hydrogens (tertiary/aromatic N) is 1. The van der Waals surface area contributed by atoms with Gasteiger partial charge in [-0.05, 0) is 24.6 Å². The molecule has 0 bridgehead atoms. The Kier molecular flexibility index (Phi) is 5.25. The second-order valence-corrected chi connectivity index (χ2v) is 3.95. The van der Waals surface area contributed by atoms with Crippen molar-refractivity contribution in [2.24, 2.45) is 0 Å². The van der Waals surface area contributed by atoms with Gasteiger partial charge in [0.1, 0.15) is 11.6 Å². The highest BCUT2D eigenvalue weighted by Crippen LogP contribution is 2.10. The molecule has 1 amide bonds. The second-order valence-electron chi connectivity index (χ2n) is 3.95. The molecule has 0 aromatic heterocycles. The SMILES string of the molecule is CC[C@@H](CC#N)NC(=O)Cc1cc(F)ccc1F. The Morgan fingerprint density at radius 3 is 2.83 bits per heavy atom. The predicted octanol–water partition coefficient (Wildman–Crippen LogP) is 2.32. The van der Waals surface area contributed by atoms with E-state index in [-0.39, 0.29) is 24.4 Å². The quantitative estimate of drug-likeness (QED) is 0.874.